The van der Waals surface area contributed by atoms with Gasteiger partial charge in [-0.2, -0.15) is 0 Å². The molecule has 1 aliphatic carbocycles. The third kappa shape index (κ3) is 3.84. The molecule has 1 amide bonds. The molecule has 0 aliphatic heterocycles. The lowest BCUT2D eigenvalue weighted by molar-refractivity contribution is 0.0949. The molecule has 3 aromatic heterocycles. The number of carbonyl (C=O) groups excluding carboxylic acids is 1. The van der Waals surface area contributed by atoms with Crippen molar-refractivity contribution in [2.45, 2.75) is 23.9 Å². The Bertz CT molecular complexity index is 1340. The first-order valence-corrected chi connectivity index (χ1v) is 11.3. The zero-order valence-corrected chi connectivity index (χ0v) is 17.7. The van der Waals surface area contributed by atoms with Crippen LogP contribution in [0.2, 0.25) is 0 Å². The molecule has 31 heavy (non-hydrogen) atoms. The highest BCUT2D eigenvalue weighted by Gasteiger charge is 2.26. The molecule has 1 fully saturated rings. The second-order valence-electron chi connectivity index (χ2n) is 7.50. The number of pyridine rings is 3. The SMILES string of the molecule is CSc1ccc(-c2cccc(-n3cc(C(=O)NC4CC4)c(=O)c4cccnc43)c2)cn1. The third-order valence-corrected chi connectivity index (χ3v) is 5.98. The van der Waals surface area contributed by atoms with Gasteiger partial charge in [0.05, 0.1) is 10.4 Å². The van der Waals surface area contributed by atoms with Crippen molar-refractivity contribution in [2.75, 3.05) is 6.26 Å². The zero-order chi connectivity index (χ0) is 21.4. The Morgan fingerprint density at radius 1 is 1.10 bits per heavy atom. The van der Waals surface area contributed by atoms with Crippen molar-refractivity contribution in [3.8, 4) is 16.8 Å². The molecule has 0 saturated heterocycles. The normalized spacial score (nSPS) is 13.3. The lowest BCUT2D eigenvalue weighted by Gasteiger charge is -2.14. The van der Waals surface area contributed by atoms with Crippen molar-refractivity contribution < 1.29 is 4.79 Å². The van der Waals surface area contributed by atoms with Crippen molar-refractivity contribution in [1.82, 2.24) is 19.9 Å². The summed E-state index contributed by atoms with van der Waals surface area (Å²) >= 11 is 1.60. The summed E-state index contributed by atoms with van der Waals surface area (Å²) in [4.78, 5) is 34.6. The van der Waals surface area contributed by atoms with Crippen LogP contribution in [0.15, 0.2) is 76.9 Å². The van der Waals surface area contributed by atoms with Crippen molar-refractivity contribution >= 4 is 28.7 Å². The van der Waals surface area contributed by atoms with E-state index in [2.05, 4.69) is 15.3 Å². The number of fused-ring (bicyclic) bond motifs is 1. The van der Waals surface area contributed by atoms with Gasteiger partial charge in [0, 0.05) is 35.9 Å². The smallest absolute Gasteiger partial charge is 0.257 e. The molecule has 0 spiro atoms. The predicted octanol–water partition coefficient (Wildman–Crippen LogP) is 4.06. The van der Waals surface area contributed by atoms with Gasteiger partial charge in [-0.15, -0.1) is 11.8 Å². The van der Waals surface area contributed by atoms with E-state index in [1.54, 1.807) is 36.3 Å². The van der Waals surface area contributed by atoms with Crippen molar-refractivity contribution in [3.05, 3.63) is 82.9 Å². The van der Waals surface area contributed by atoms with Crippen LogP contribution in [0, 0.1) is 0 Å². The van der Waals surface area contributed by atoms with Crippen molar-refractivity contribution in [2.24, 2.45) is 0 Å². The van der Waals surface area contributed by atoms with E-state index in [9.17, 15) is 9.59 Å². The van der Waals surface area contributed by atoms with Gasteiger partial charge in [-0.05, 0) is 55.0 Å². The van der Waals surface area contributed by atoms with Crippen LogP contribution in [0.5, 0.6) is 0 Å². The Balaban J connectivity index is 1.64. The van der Waals surface area contributed by atoms with E-state index in [0.717, 1.165) is 34.7 Å². The first-order valence-electron chi connectivity index (χ1n) is 10.1. The van der Waals surface area contributed by atoms with Gasteiger partial charge < -0.3 is 9.88 Å². The third-order valence-electron chi connectivity index (χ3n) is 5.32. The summed E-state index contributed by atoms with van der Waals surface area (Å²) in [6, 6.07) is 15.5. The van der Waals surface area contributed by atoms with Gasteiger partial charge in [-0.3, -0.25) is 9.59 Å². The highest BCUT2D eigenvalue weighted by Crippen LogP contribution is 2.25. The summed E-state index contributed by atoms with van der Waals surface area (Å²) in [7, 11) is 0. The van der Waals surface area contributed by atoms with E-state index in [4.69, 9.17) is 0 Å². The number of amides is 1. The summed E-state index contributed by atoms with van der Waals surface area (Å²) < 4.78 is 1.81. The monoisotopic (exact) mass is 428 g/mol. The molecule has 1 N–H and O–H groups in total. The van der Waals surface area contributed by atoms with E-state index < -0.39 is 0 Å². The van der Waals surface area contributed by atoms with Crippen LogP contribution in [0.4, 0.5) is 0 Å². The minimum absolute atomic E-state index is 0.129. The molecular formula is C24H20N4O2S. The number of nitrogens with zero attached hydrogens (tertiary/aromatic N) is 3. The molecule has 154 valence electrons. The highest BCUT2D eigenvalue weighted by atomic mass is 32.2. The molecule has 1 aliphatic rings. The lowest BCUT2D eigenvalue weighted by Crippen LogP contribution is -2.31. The van der Waals surface area contributed by atoms with Gasteiger partial charge in [-0.25, -0.2) is 9.97 Å². The molecule has 0 bridgehead atoms. The molecule has 6 nitrogen and oxygen atoms in total. The van der Waals surface area contributed by atoms with Gasteiger partial charge in [0.2, 0.25) is 5.43 Å². The second kappa shape index (κ2) is 8.00. The molecule has 0 radical (unpaired) electrons. The van der Waals surface area contributed by atoms with E-state index in [0.29, 0.717) is 11.0 Å². The first-order chi connectivity index (χ1) is 15.1. The van der Waals surface area contributed by atoms with Crippen LogP contribution in [-0.2, 0) is 0 Å². The van der Waals surface area contributed by atoms with Gasteiger partial charge >= 0.3 is 0 Å². The minimum atomic E-state index is -0.333. The van der Waals surface area contributed by atoms with Crippen molar-refractivity contribution in [1.29, 1.82) is 0 Å². The van der Waals surface area contributed by atoms with Crippen LogP contribution < -0.4 is 10.7 Å². The number of hydrogen-bond donors (Lipinski definition) is 1. The number of hydrogen-bond acceptors (Lipinski definition) is 5. The summed E-state index contributed by atoms with van der Waals surface area (Å²) in [6.07, 6.45) is 9.01. The average Bonchev–Trinajstić information content (AvgIpc) is 3.63. The van der Waals surface area contributed by atoms with Crippen LogP contribution in [0.3, 0.4) is 0 Å². The number of rotatable bonds is 5. The van der Waals surface area contributed by atoms with Crippen molar-refractivity contribution in [3.63, 3.8) is 0 Å². The van der Waals surface area contributed by atoms with Crippen LogP contribution in [-0.4, -0.2) is 32.7 Å². The highest BCUT2D eigenvalue weighted by molar-refractivity contribution is 7.98. The van der Waals surface area contributed by atoms with E-state index in [1.807, 2.05) is 53.4 Å². The second-order valence-corrected chi connectivity index (χ2v) is 8.33. The Morgan fingerprint density at radius 3 is 2.71 bits per heavy atom. The number of aromatic nitrogens is 3. The molecule has 0 atom stereocenters. The first kappa shape index (κ1) is 19.5. The maximum absolute atomic E-state index is 13.0. The fourth-order valence-electron chi connectivity index (χ4n) is 3.52. The van der Waals surface area contributed by atoms with Gasteiger partial charge in [-0.1, -0.05) is 18.2 Å². The topological polar surface area (TPSA) is 76.9 Å². The molecule has 3 heterocycles. The lowest BCUT2D eigenvalue weighted by atomic mass is 10.1. The predicted molar refractivity (Wildman–Crippen MR) is 123 cm³/mol. The summed E-state index contributed by atoms with van der Waals surface area (Å²) in [5.41, 5.74) is 3.14. The van der Waals surface area contributed by atoms with E-state index in [-0.39, 0.29) is 22.9 Å². The quantitative estimate of drug-likeness (QED) is 0.485. The van der Waals surface area contributed by atoms with Gasteiger partial charge in [0.15, 0.2) is 0 Å². The maximum atomic E-state index is 13.0. The minimum Gasteiger partial charge on any atom is -0.349 e. The standard InChI is InChI=1S/C24H20N4O2S/c1-31-21-10-7-16(13-26-21)15-4-2-5-18(12-15)28-14-20(24(30)27-17-8-9-17)22(29)19-6-3-11-25-23(19)28/h2-7,10-14,17H,8-9H2,1H3,(H,27,30). The fourth-order valence-corrected chi connectivity index (χ4v) is 3.88. The summed E-state index contributed by atoms with van der Waals surface area (Å²) in [5.74, 6) is -0.333. The number of nitrogens with one attached hydrogen (secondary N) is 1. The van der Waals surface area contributed by atoms with E-state index in [1.165, 1.54) is 0 Å². The van der Waals surface area contributed by atoms with E-state index >= 15 is 0 Å². The number of benzene rings is 1. The zero-order valence-electron chi connectivity index (χ0n) is 16.9. The number of thioether (sulfide) groups is 1. The van der Waals surface area contributed by atoms with Gasteiger partial charge in [0.25, 0.3) is 5.91 Å². The molecule has 4 aromatic rings. The summed E-state index contributed by atoms with van der Waals surface area (Å²) in [5, 5.41) is 4.30. The Labute approximate surface area is 183 Å². The molecule has 1 saturated carbocycles. The van der Waals surface area contributed by atoms with Crippen LogP contribution >= 0.6 is 11.8 Å². The molecule has 7 heteroatoms. The fraction of sp³-hybridized carbons (Fsp3) is 0.167. The molecular weight excluding hydrogens is 408 g/mol. The Kier molecular flexibility index (Phi) is 5.03. The summed E-state index contributed by atoms with van der Waals surface area (Å²) in [6.45, 7) is 0. The number of carbonyl (C=O) groups is 1. The Hall–Kier alpha value is -3.45. The van der Waals surface area contributed by atoms with Crippen LogP contribution in [0.25, 0.3) is 27.8 Å². The largest absolute Gasteiger partial charge is 0.349 e. The van der Waals surface area contributed by atoms with Crippen LogP contribution in [0.1, 0.15) is 23.2 Å². The molecule has 0 unspecified atom stereocenters. The Morgan fingerprint density at radius 2 is 1.97 bits per heavy atom. The molecule has 1 aromatic carbocycles. The molecule has 5 rings (SSSR count). The van der Waals surface area contributed by atoms with Gasteiger partial charge in [0.1, 0.15) is 11.2 Å². The maximum Gasteiger partial charge on any atom is 0.257 e. The average molecular weight is 429 g/mol.